The monoisotopic (exact) mass is 380 g/mol. The number of thiazole rings is 1. The Morgan fingerprint density at radius 1 is 1.36 bits per heavy atom. The van der Waals surface area contributed by atoms with Gasteiger partial charge in [-0.2, -0.15) is 4.99 Å². The van der Waals surface area contributed by atoms with E-state index in [2.05, 4.69) is 42.6 Å². The van der Waals surface area contributed by atoms with Crippen LogP contribution in [0.25, 0.3) is 0 Å². The number of rotatable bonds is 5. The van der Waals surface area contributed by atoms with Gasteiger partial charge < -0.3 is 9.30 Å². The number of methoxy groups -OCH3 is 1. The van der Waals surface area contributed by atoms with E-state index in [1.165, 1.54) is 24.1 Å². The molecule has 1 heterocycles. The van der Waals surface area contributed by atoms with Crippen LogP contribution < -0.4 is 9.54 Å². The number of benzene rings is 1. The molecule has 0 N–H and O–H groups in total. The van der Waals surface area contributed by atoms with Crippen LogP contribution in [0.1, 0.15) is 56.6 Å². The molecule has 136 valence electrons. The Morgan fingerprint density at radius 2 is 2.08 bits per heavy atom. The van der Waals surface area contributed by atoms with Gasteiger partial charge in [-0.05, 0) is 24.6 Å². The molecule has 0 saturated heterocycles. The maximum atomic E-state index is 12.7. The molecule has 0 aliphatic carbocycles. The standard InChI is InChI=1S/C19H25ClN2O2S/c1-6-7-10-22-16(19(2,3)4)12-25-18(22)21-17(23)14-11-13(20)8-9-15(14)24-5/h8-9,11-12H,6-7,10H2,1-5H3/b21-18-. The average molecular weight is 381 g/mol. The second kappa shape index (κ2) is 8.19. The van der Waals surface area contributed by atoms with Crippen molar-refractivity contribution in [2.24, 2.45) is 4.99 Å². The lowest BCUT2D eigenvalue weighted by Gasteiger charge is -2.21. The summed E-state index contributed by atoms with van der Waals surface area (Å²) in [6.45, 7) is 9.52. The van der Waals surface area contributed by atoms with Gasteiger partial charge in [0.1, 0.15) is 5.75 Å². The molecule has 2 aromatic rings. The number of nitrogens with zero attached hydrogens (tertiary/aromatic N) is 2. The summed E-state index contributed by atoms with van der Waals surface area (Å²) < 4.78 is 7.43. The van der Waals surface area contributed by atoms with E-state index >= 15 is 0 Å². The molecule has 0 radical (unpaired) electrons. The molecule has 0 aliphatic heterocycles. The third-order valence-electron chi connectivity index (χ3n) is 3.89. The molecule has 1 aromatic heterocycles. The number of halogens is 1. The van der Waals surface area contributed by atoms with Crippen molar-refractivity contribution in [2.45, 2.75) is 52.5 Å². The SMILES string of the molecule is CCCCn1c(C(C)(C)C)cs/c1=N\C(=O)c1cc(Cl)ccc1OC. The third-order valence-corrected chi connectivity index (χ3v) is 4.99. The van der Waals surface area contributed by atoms with E-state index in [1.54, 1.807) is 18.2 Å². The van der Waals surface area contributed by atoms with Crippen molar-refractivity contribution < 1.29 is 9.53 Å². The summed E-state index contributed by atoms with van der Waals surface area (Å²) in [5.74, 6) is 0.137. The van der Waals surface area contributed by atoms with Crippen LogP contribution in [-0.4, -0.2) is 17.6 Å². The molecule has 2 rings (SSSR count). The summed E-state index contributed by atoms with van der Waals surface area (Å²) in [5, 5.41) is 2.58. The second-order valence-corrected chi connectivity index (χ2v) is 8.19. The van der Waals surface area contributed by atoms with E-state index in [1.807, 2.05) is 0 Å². The number of aromatic nitrogens is 1. The van der Waals surface area contributed by atoms with Gasteiger partial charge in [0.05, 0.1) is 12.7 Å². The van der Waals surface area contributed by atoms with Crippen molar-refractivity contribution in [3.05, 3.63) is 44.7 Å². The van der Waals surface area contributed by atoms with Crippen molar-refractivity contribution in [2.75, 3.05) is 7.11 Å². The molecule has 4 nitrogen and oxygen atoms in total. The van der Waals surface area contributed by atoms with Gasteiger partial charge in [0.25, 0.3) is 5.91 Å². The van der Waals surface area contributed by atoms with Gasteiger partial charge in [0.15, 0.2) is 4.80 Å². The molecular weight excluding hydrogens is 356 g/mol. The fourth-order valence-corrected chi connectivity index (χ4v) is 3.86. The van der Waals surface area contributed by atoms with Gasteiger partial charge >= 0.3 is 0 Å². The highest BCUT2D eigenvalue weighted by atomic mass is 35.5. The summed E-state index contributed by atoms with van der Waals surface area (Å²) in [7, 11) is 1.53. The highest BCUT2D eigenvalue weighted by molar-refractivity contribution is 7.07. The first-order valence-corrected chi connectivity index (χ1v) is 9.65. The zero-order valence-electron chi connectivity index (χ0n) is 15.4. The molecular formula is C19H25ClN2O2S. The van der Waals surface area contributed by atoms with Crippen LogP contribution in [0.2, 0.25) is 5.02 Å². The highest BCUT2D eigenvalue weighted by Gasteiger charge is 2.20. The lowest BCUT2D eigenvalue weighted by molar-refractivity contribution is 0.0994. The highest BCUT2D eigenvalue weighted by Crippen LogP contribution is 2.25. The molecule has 6 heteroatoms. The maximum absolute atomic E-state index is 12.7. The fourth-order valence-electron chi connectivity index (χ4n) is 2.53. The van der Waals surface area contributed by atoms with Crippen LogP contribution in [0, 0.1) is 0 Å². The van der Waals surface area contributed by atoms with Crippen LogP contribution in [0.5, 0.6) is 5.75 Å². The first kappa shape index (κ1) is 19.7. The molecule has 1 amide bonds. The molecule has 0 bridgehead atoms. The van der Waals surface area contributed by atoms with E-state index in [0.29, 0.717) is 21.1 Å². The summed E-state index contributed by atoms with van der Waals surface area (Å²) in [5.41, 5.74) is 1.56. The smallest absolute Gasteiger partial charge is 0.283 e. The first-order valence-electron chi connectivity index (χ1n) is 8.39. The minimum absolute atomic E-state index is 0.00515. The summed E-state index contributed by atoms with van der Waals surface area (Å²) in [6.07, 6.45) is 2.13. The molecule has 0 fully saturated rings. The quantitative estimate of drug-likeness (QED) is 0.728. The van der Waals surface area contributed by atoms with Gasteiger partial charge in [-0.3, -0.25) is 4.79 Å². The molecule has 0 atom stereocenters. The van der Waals surface area contributed by atoms with E-state index in [9.17, 15) is 4.79 Å². The molecule has 1 aromatic carbocycles. The Kier molecular flexibility index (Phi) is 6.47. The maximum Gasteiger partial charge on any atom is 0.283 e. The number of carbonyl (C=O) groups is 1. The number of amides is 1. The van der Waals surface area contributed by atoms with Gasteiger partial charge in [-0.15, -0.1) is 11.3 Å². The molecule has 0 aliphatic rings. The minimum atomic E-state index is -0.341. The van der Waals surface area contributed by atoms with Crippen LogP contribution in [-0.2, 0) is 12.0 Å². The summed E-state index contributed by atoms with van der Waals surface area (Å²) in [4.78, 5) is 17.8. The van der Waals surface area contributed by atoms with Gasteiger partial charge in [0, 0.05) is 28.1 Å². The minimum Gasteiger partial charge on any atom is -0.496 e. The lowest BCUT2D eigenvalue weighted by Crippen LogP contribution is -2.25. The number of unbranched alkanes of at least 4 members (excludes halogenated alkanes) is 1. The third kappa shape index (κ3) is 4.73. The Balaban J connectivity index is 2.52. The van der Waals surface area contributed by atoms with Crippen LogP contribution >= 0.6 is 22.9 Å². The topological polar surface area (TPSA) is 43.6 Å². The van der Waals surface area contributed by atoms with Crippen molar-refractivity contribution in [1.82, 2.24) is 4.57 Å². The molecule has 0 saturated carbocycles. The van der Waals surface area contributed by atoms with Crippen LogP contribution in [0.3, 0.4) is 0 Å². The predicted molar refractivity (Wildman–Crippen MR) is 104 cm³/mol. The van der Waals surface area contributed by atoms with Crippen LogP contribution in [0.4, 0.5) is 0 Å². The average Bonchev–Trinajstić information content (AvgIpc) is 2.95. The number of ether oxygens (including phenoxy) is 1. The normalized spacial score (nSPS) is 12.5. The summed E-state index contributed by atoms with van der Waals surface area (Å²) >= 11 is 7.53. The number of hydrogen-bond donors (Lipinski definition) is 0. The summed E-state index contributed by atoms with van der Waals surface area (Å²) in [6, 6.07) is 4.98. The van der Waals surface area contributed by atoms with Crippen molar-refractivity contribution >= 4 is 28.8 Å². The Labute approximate surface area is 158 Å². The number of carbonyl (C=O) groups excluding carboxylic acids is 1. The Hall–Kier alpha value is -1.59. The van der Waals surface area contributed by atoms with Gasteiger partial charge in [-0.1, -0.05) is 45.7 Å². The fraction of sp³-hybridized carbons (Fsp3) is 0.474. The van der Waals surface area contributed by atoms with E-state index in [-0.39, 0.29) is 11.3 Å². The second-order valence-electron chi connectivity index (χ2n) is 6.92. The largest absolute Gasteiger partial charge is 0.496 e. The van der Waals surface area contributed by atoms with Crippen LogP contribution in [0.15, 0.2) is 28.6 Å². The molecule has 0 unspecified atom stereocenters. The van der Waals surface area contributed by atoms with Crippen molar-refractivity contribution in [1.29, 1.82) is 0 Å². The molecule has 0 spiro atoms. The Morgan fingerprint density at radius 3 is 2.68 bits per heavy atom. The van der Waals surface area contributed by atoms with E-state index in [4.69, 9.17) is 16.3 Å². The van der Waals surface area contributed by atoms with Gasteiger partial charge in [-0.25, -0.2) is 0 Å². The van der Waals surface area contributed by atoms with Crippen molar-refractivity contribution in [3.8, 4) is 5.75 Å². The first-order chi connectivity index (χ1) is 11.8. The predicted octanol–water partition coefficient (Wildman–Crippen LogP) is 5.05. The number of hydrogen-bond acceptors (Lipinski definition) is 3. The van der Waals surface area contributed by atoms with Gasteiger partial charge in [0.2, 0.25) is 0 Å². The van der Waals surface area contributed by atoms with E-state index in [0.717, 1.165) is 19.4 Å². The molecule has 25 heavy (non-hydrogen) atoms. The lowest BCUT2D eigenvalue weighted by atomic mass is 9.93. The van der Waals surface area contributed by atoms with Crippen molar-refractivity contribution in [3.63, 3.8) is 0 Å². The Bertz CT molecular complexity index is 816. The van der Waals surface area contributed by atoms with E-state index < -0.39 is 0 Å². The zero-order chi connectivity index (χ0) is 18.6. The zero-order valence-corrected chi connectivity index (χ0v) is 17.0.